The number of hydrogen-bond acceptors (Lipinski definition) is 3. The molecule has 1 atom stereocenters. The highest BCUT2D eigenvalue weighted by atomic mass is 79.9. The van der Waals surface area contributed by atoms with Crippen LogP contribution in [0.5, 0.6) is 5.75 Å². The van der Waals surface area contributed by atoms with E-state index in [0.29, 0.717) is 5.56 Å². The first-order valence-corrected chi connectivity index (χ1v) is 6.85. The maximum absolute atomic E-state index is 12.1. The first kappa shape index (κ1) is 16.3. The van der Waals surface area contributed by atoms with Crippen LogP contribution in [0, 0.1) is 0 Å². The van der Waals surface area contributed by atoms with E-state index in [0.717, 1.165) is 36.2 Å². The fraction of sp³-hybridized carbons (Fsp3) is 0.462. The number of halogens is 2. The van der Waals surface area contributed by atoms with E-state index in [2.05, 4.69) is 26.6 Å². The lowest BCUT2D eigenvalue weighted by Gasteiger charge is -2.23. The van der Waals surface area contributed by atoms with Gasteiger partial charge >= 0.3 is 0 Å². The van der Waals surface area contributed by atoms with Gasteiger partial charge in [-0.1, -0.05) is 0 Å². The number of methoxy groups -OCH3 is 1. The van der Waals surface area contributed by atoms with Gasteiger partial charge in [-0.2, -0.15) is 0 Å². The molecule has 0 saturated carbocycles. The van der Waals surface area contributed by atoms with Crippen molar-refractivity contribution in [3.8, 4) is 5.75 Å². The lowest BCUT2D eigenvalue weighted by Crippen LogP contribution is -2.45. The maximum atomic E-state index is 12.1. The molecule has 0 aliphatic carbocycles. The Morgan fingerprint density at radius 2 is 2.32 bits per heavy atom. The quantitative estimate of drug-likeness (QED) is 0.881. The molecule has 1 amide bonds. The Kier molecular flexibility index (Phi) is 6.62. The molecule has 1 heterocycles. The summed E-state index contributed by atoms with van der Waals surface area (Å²) in [6, 6.07) is 5.57. The predicted molar refractivity (Wildman–Crippen MR) is 81.3 cm³/mol. The molecule has 6 heteroatoms. The Bertz CT molecular complexity index is 437. The van der Waals surface area contributed by atoms with Crippen molar-refractivity contribution in [2.24, 2.45) is 0 Å². The van der Waals surface area contributed by atoms with Gasteiger partial charge in [-0.05, 0) is 53.5 Å². The summed E-state index contributed by atoms with van der Waals surface area (Å²) in [5, 5.41) is 6.31. The number of hydrogen-bond donors (Lipinski definition) is 2. The van der Waals surface area contributed by atoms with Gasteiger partial charge in [-0.3, -0.25) is 4.79 Å². The molecule has 1 saturated heterocycles. The predicted octanol–water partition coefficient (Wildman–Crippen LogP) is 2.36. The van der Waals surface area contributed by atoms with Crippen LogP contribution in [0.2, 0.25) is 0 Å². The Morgan fingerprint density at radius 3 is 2.89 bits per heavy atom. The fourth-order valence-corrected chi connectivity index (χ4v) is 2.59. The number of nitrogens with one attached hydrogen (secondary N) is 2. The molecule has 2 rings (SSSR count). The van der Waals surface area contributed by atoms with Crippen molar-refractivity contribution in [1.82, 2.24) is 10.6 Å². The molecule has 1 aliphatic rings. The summed E-state index contributed by atoms with van der Waals surface area (Å²) in [5.74, 6) is 0.693. The summed E-state index contributed by atoms with van der Waals surface area (Å²) in [4.78, 5) is 12.1. The zero-order valence-corrected chi connectivity index (χ0v) is 13.1. The maximum Gasteiger partial charge on any atom is 0.251 e. The van der Waals surface area contributed by atoms with Crippen LogP contribution >= 0.6 is 28.3 Å². The largest absolute Gasteiger partial charge is 0.496 e. The molecule has 19 heavy (non-hydrogen) atoms. The molecule has 0 spiro atoms. The smallest absolute Gasteiger partial charge is 0.251 e. The normalized spacial score (nSPS) is 18.3. The molecular weight excluding hydrogens is 332 g/mol. The zero-order chi connectivity index (χ0) is 13.0. The van der Waals surface area contributed by atoms with Crippen LogP contribution in [-0.4, -0.2) is 32.1 Å². The van der Waals surface area contributed by atoms with Crippen LogP contribution in [-0.2, 0) is 0 Å². The topological polar surface area (TPSA) is 50.4 Å². The minimum Gasteiger partial charge on any atom is -0.496 e. The van der Waals surface area contributed by atoms with E-state index in [1.165, 1.54) is 0 Å². The number of carbonyl (C=O) groups excluding carboxylic acids is 1. The number of carbonyl (C=O) groups is 1. The van der Waals surface area contributed by atoms with E-state index in [-0.39, 0.29) is 24.4 Å². The SMILES string of the molecule is COc1ccc(C(=O)N[C@H]2CCCNC2)cc1Br.Cl. The molecule has 0 unspecified atom stereocenters. The molecule has 4 nitrogen and oxygen atoms in total. The van der Waals surface area contributed by atoms with Crippen LogP contribution in [0.15, 0.2) is 22.7 Å². The second-order valence-electron chi connectivity index (χ2n) is 4.37. The number of amides is 1. The lowest BCUT2D eigenvalue weighted by atomic mass is 10.1. The minimum atomic E-state index is -0.0351. The van der Waals surface area contributed by atoms with E-state index in [9.17, 15) is 4.79 Å². The first-order valence-electron chi connectivity index (χ1n) is 6.06. The van der Waals surface area contributed by atoms with Crippen LogP contribution in [0.3, 0.4) is 0 Å². The monoisotopic (exact) mass is 348 g/mol. The Morgan fingerprint density at radius 1 is 1.53 bits per heavy atom. The van der Waals surface area contributed by atoms with Crippen molar-refractivity contribution < 1.29 is 9.53 Å². The third-order valence-electron chi connectivity index (χ3n) is 3.05. The highest BCUT2D eigenvalue weighted by Crippen LogP contribution is 2.25. The van der Waals surface area contributed by atoms with Gasteiger partial charge in [0.25, 0.3) is 5.91 Å². The van der Waals surface area contributed by atoms with E-state index in [1.807, 2.05) is 0 Å². The van der Waals surface area contributed by atoms with Gasteiger partial charge in [0, 0.05) is 18.2 Å². The summed E-state index contributed by atoms with van der Waals surface area (Å²) in [6.45, 7) is 1.89. The van der Waals surface area contributed by atoms with Gasteiger partial charge in [0.05, 0.1) is 11.6 Å². The molecule has 0 aromatic heterocycles. The Balaban J connectivity index is 0.00000180. The molecule has 0 radical (unpaired) electrons. The van der Waals surface area contributed by atoms with Crippen molar-refractivity contribution in [3.63, 3.8) is 0 Å². The third kappa shape index (κ3) is 4.37. The van der Waals surface area contributed by atoms with Crippen molar-refractivity contribution in [3.05, 3.63) is 28.2 Å². The van der Waals surface area contributed by atoms with Gasteiger partial charge in [0.2, 0.25) is 0 Å². The van der Waals surface area contributed by atoms with Gasteiger partial charge in [0.15, 0.2) is 0 Å². The average molecular weight is 350 g/mol. The highest BCUT2D eigenvalue weighted by molar-refractivity contribution is 9.10. The fourth-order valence-electron chi connectivity index (χ4n) is 2.05. The molecule has 1 aromatic rings. The summed E-state index contributed by atoms with van der Waals surface area (Å²) < 4.78 is 5.93. The van der Waals surface area contributed by atoms with Crippen molar-refractivity contribution in [1.29, 1.82) is 0 Å². The van der Waals surface area contributed by atoms with Crippen LogP contribution in [0.4, 0.5) is 0 Å². The van der Waals surface area contributed by atoms with Crippen molar-refractivity contribution in [2.75, 3.05) is 20.2 Å². The first-order chi connectivity index (χ1) is 8.70. The molecule has 2 N–H and O–H groups in total. The van der Waals surface area contributed by atoms with Crippen LogP contribution in [0.25, 0.3) is 0 Å². The van der Waals surface area contributed by atoms with E-state index < -0.39 is 0 Å². The molecule has 1 aliphatic heterocycles. The molecule has 1 aromatic carbocycles. The van der Waals surface area contributed by atoms with Crippen LogP contribution in [0.1, 0.15) is 23.2 Å². The molecule has 1 fully saturated rings. The van der Waals surface area contributed by atoms with Crippen molar-refractivity contribution in [2.45, 2.75) is 18.9 Å². The van der Waals surface area contributed by atoms with Gasteiger partial charge in [-0.25, -0.2) is 0 Å². The number of piperidine rings is 1. The summed E-state index contributed by atoms with van der Waals surface area (Å²) in [5.41, 5.74) is 0.647. The zero-order valence-electron chi connectivity index (χ0n) is 10.7. The van der Waals surface area contributed by atoms with E-state index >= 15 is 0 Å². The summed E-state index contributed by atoms with van der Waals surface area (Å²) in [6.07, 6.45) is 2.15. The second-order valence-corrected chi connectivity index (χ2v) is 5.22. The van der Waals surface area contributed by atoms with Gasteiger partial charge in [-0.15, -0.1) is 12.4 Å². The second kappa shape index (κ2) is 7.72. The number of rotatable bonds is 3. The Hall–Kier alpha value is -0.780. The lowest BCUT2D eigenvalue weighted by molar-refractivity contribution is 0.0930. The Labute approximate surface area is 127 Å². The van der Waals surface area contributed by atoms with Crippen LogP contribution < -0.4 is 15.4 Å². The summed E-state index contributed by atoms with van der Waals surface area (Å²) in [7, 11) is 1.60. The molecule has 0 bridgehead atoms. The van der Waals surface area contributed by atoms with Gasteiger partial charge < -0.3 is 15.4 Å². The summed E-state index contributed by atoms with van der Waals surface area (Å²) >= 11 is 3.38. The minimum absolute atomic E-state index is 0. The third-order valence-corrected chi connectivity index (χ3v) is 3.67. The number of benzene rings is 1. The molecular formula is C13H18BrClN2O2. The number of ether oxygens (including phenoxy) is 1. The van der Waals surface area contributed by atoms with E-state index in [4.69, 9.17) is 4.74 Å². The van der Waals surface area contributed by atoms with E-state index in [1.54, 1.807) is 25.3 Å². The van der Waals surface area contributed by atoms with Crippen molar-refractivity contribution >= 4 is 34.2 Å². The highest BCUT2D eigenvalue weighted by Gasteiger charge is 2.16. The average Bonchev–Trinajstić information content (AvgIpc) is 2.39. The van der Waals surface area contributed by atoms with Gasteiger partial charge in [0.1, 0.15) is 5.75 Å². The molecule has 106 valence electrons. The standard InChI is InChI=1S/C13H17BrN2O2.ClH/c1-18-12-5-4-9(7-11(12)14)13(17)16-10-3-2-6-15-8-10;/h4-5,7,10,15H,2-3,6,8H2,1H3,(H,16,17);1H/t10-;/m0./s1.